The summed E-state index contributed by atoms with van der Waals surface area (Å²) < 4.78 is 0. The van der Waals surface area contributed by atoms with Crippen molar-refractivity contribution in [2.45, 2.75) is 38.6 Å². The SMILES string of the molecule is CC(C(=O)N1CCCCCC1)N(C)CCN. The average Bonchev–Trinajstić information content (AvgIpc) is 2.56. The Balaban J connectivity index is 2.47. The Labute approximate surface area is 98.8 Å². The lowest BCUT2D eigenvalue weighted by Gasteiger charge is -2.29. The van der Waals surface area contributed by atoms with Crippen molar-refractivity contribution >= 4 is 5.91 Å². The van der Waals surface area contributed by atoms with Crippen LogP contribution in [0.15, 0.2) is 0 Å². The van der Waals surface area contributed by atoms with Gasteiger partial charge in [0.15, 0.2) is 0 Å². The van der Waals surface area contributed by atoms with E-state index >= 15 is 0 Å². The molecule has 2 N–H and O–H groups in total. The standard InChI is InChI=1S/C12H25N3O/c1-11(14(2)10-7-13)12(16)15-8-5-3-4-6-9-15/h11H,3-10,13H2,1-2H3. The molecule has 1 aliphatic rings. The minimum absolute atomic E-state index is 0.0401. The number of nitrogens with two attached hydrogens (primary N) is 1. The first-order valence-electron chi connectivity index (χ1n) is 6.36. The van der Waals surface area contributed by atoms with Crippen molar-refractivity contribution < 1.29 is 4.79 Å². The van der Waals surface area contributed by atoms with Gasteiger partial charge in [-0.1, -0.05) is 12.8 Å². The maximum absolute atomic E-state index is 12.2. The summed E-state index contributed by atoms with van der Waals surface area (Å²) in [4.78, 5) is 16.3. The molecular weight excluding hydrogens is 202 g/mol. The Morgan fingerprint density at radius 3 is 2.38 bits per heavy atom. The summed E-state index contributed by atoms with van der Waals surface area (Å²) in [6, 6.07) is -0.0401. The number of hydrogen-bond acceptors (Lipinski definition) is 3. The van der Waals surface area contributed by atoms with Crippen LogP contribution in [-0.2, 0) is 4.79 Å². The first-order chi connectivity index (χ1) is 7.66. The molecule has 1 atom stereocenters. The second-order valence-corrected chi connectivity index (χ2v) is 4.68. The zero-order valence-electron chi connectivity index (χ0n) is 10.6. The molecule has 0 aromatic carbocycles. The van der Waals surface area contributed by atoms with Crippen LogP contribution in [0.1, 0.15) is 32.6 Å². The number of amides is 1. The molecule has 1 aliphatic heterocycles. The van der Waals surface area contributed by atoms with E-state index in [1.807, 2.05) is 23.8 Å². The van der Waals surface area contributed by atoms with E-state index in [0.717, 1.165) is 32.5 Å². The van der Waals surface area contributed by atoms with Crippen molar-refractivity contribution in [3.8, 4) is 0 Å². The lowest BCUT2D eigenvalue weighted by molar-refractivity contribution is -0.135. The molecule has 1 heterocycles. The van der Waals surface area contributed by atoms with E-state index in [0.29, 0.717) is 6.54 Å². The highest BCUT2D eigenvalue weighted by Gasteiger charge is 2.23. The molecule has 0 aromatic heterocycles. The van der Waals surface area contributed by atoms with Crippen LogP contribution in [0.2, 0.25) is 0 Å². The van der Waals surface area contributed by atoms with Gasteiger partial charge < -0.3 is 10.6 Å². The van der Waals surface area contributed by atoms with Gasteiger partial charge in [0.05, 0.1) is 6.04 Å². The molecule has 16 heavy (non-hydrogen) atoms. The minimum atomic E-state index is -0.0401. The zero-order valence-corrected chi connectivity index (χ0v) is 10.6. The van der Waals surface area contributed by atoms with Crippen LogP contribution in [0.4, 0.5) is 0 Å². The summed E-state index contributed by atoms with van der Waals surface area (Å²) in [6.45, 7) is 5.22. The maximum Gasteiger partial charge on any atom is 0.239 e. The molecule has 4 nitrogen and oxygen atoms in total. The summed E-state index contributed by atoms with van der Waals surface area (Å²) >= 11 is 0. The van der Waals surface area contributed by atoms with Gasteiger partial charge in [-0.25, -0.2) is 0 Å². The Kier molecular flexibility index (Phi) is 5.77. The van der Waals surface area contributed by atoms with Crippen molar-refractivity contribution in [1.82, 2.24) is 9.80 Å². The van der Waals surface area contributed by atoms with Crippen LogP contribution < -0.4 is 5.73 Å². The zero-order chi connectivity index (χ0) is 12.0. The third kappa shape index (κ3) is 3.76. The third-order valence-corrected chi connectivity index (χ3v) is 3.42. The molecule has 4 heteroatoms. The normalized spacial score (nSPS) is 19.6. The Hall–Kier alpha value is -0.610. The highest BCUT2D eigenvalue weighted by molar-refractivity contribution is 5.81. The van der Waals surface area contributed by atoms with Crippen molar-refractivity contribution in [2.24, 2.45) is 5.73 Å². The third-order valence-electron chi connectivity index (χ3n) is 3.42. The highest BCUT2D eigenvalue weighted by atomic mass is 16.2. The lowest BCUT2D eigenvalue weighted by atomic mass is 10.2. The number of carbonyl (C=O) groups excluding carboxylic acids is 1. The van der Waals surface area contributed by atoms with Crippen LogP contribution in [0.25, 0.3) is 0 Å². The van der Waals surface area contributed by atoms with Crippen molar-refractivity contribution in [3.05, 3.63) is 0 Å². The molecule has 0 radical (unpaired) electrons. The second-order valence-electron chi connectivity index (χ2n) is 4.68. The van der Waals surface area contributed by atoms with Crippen LogP contribution in [0.3, 0.4) is 0 Å². The number of likely N-dealkylation sites (tertiary alicyclic amines) is 1. The maximum atomic E-state index is 12.2. The Morgan fingerprint density at radius 1 is 1.31 bits per heavy atom. The number of nitrogens with zero attached hydrogens (tertiary/aromatic N) is 2. The molecular formula is C12H25N3O. The molecule has 1 amide bonds. The predicted octanol–water partition coefficient (Wildman–Crippen LogP) is 0.668. The fraction of sp³-hybridized carbons (Fsp3) is 0.917. The average molecular weight is 227 g/mol. The van der Waals surface area contributed by atoms with Gasteiger partial charge in [0.2, 0.25) is 5.91 Å². The van der Waals surface area contributed by atoms with E-state index in [2.05, 4.69) is 0 Å². The van der Waals surface area contributed by atoms with Gasteiger partial charge in [0.25, 0.3) is 0 Å². The van der Waals surface area contributed by atoms with Crippen molar-refractivity contribution in [3.63, 3.8) is 0 Å². The van der Waals surface area contributed by atoms with Crippen molar-refractivity contribution in [2.75, 3.05) is 33.2 Å². The van der Waals surface area contributed by atoms with Gasteiger partial charge >= 0.3 is 0 Å². The minimum Gasteiger partial charge on any atom is -0.341 e. The van der Waals surface area contributed by atoms with Gasteiger partial charge in [0.1, 0.15) is 0 Å². The topological polar surface area (TPSA) is 49.6 Å². The molecule has 94 valence electrons. The van der Waals surface area contributed by atoms with Crippen LogP contribution in [0, 0.1) is 0 Å². The number of rotatable bonds is 4. The van der Waals surface area contributed by atoms with E-state index in [-0.39, 0.29) is 11.9 Å². The van der Waals surface area contributed by atoms with Gasteiger partial charge in [-0.15, -0.1) is 0 Å². The Bertz CT molecular complexity index is 212. The molecule has 0 aliphatic carbocycles. The van der Waals surface area contributed by atoms with E-state index in [4.69, 9.17) is 5.73 Å². The first kappa shape index (κ1) is 13.5. The number of hydrogen-bond donors (Lipinski definition) is 1. The largest absolute Gasteiger partial charge is 0.341 e. The van der Waals surface area contributed by atoms with Gasteiger partial charge in [-0.05, 0) is 26.8 Å². The van der Waals surface area contributed by atoms with Crippen molar-refractivity contribution in [1.29, 1.82) is 0 Å². The summed E-state index contributed by atoms with van der Waals surface area (Å²) in [5, 5.41) is 0. The molecule has 1 unspecified atom stereocenters. The van der Waals surface area contributed by atoms with Crippen LogP contribution in [-0.4, -0.2) is 55.0 Å². The summed E-state index contributed by atoms with van der Waals surface area (Å²) in [5.74, 6) is 0.262. The van der Waals surface area contributed by atoms with Crippen LogP contribution >= 0.6 is 0 Å². The molecule has 1 fully saturated rings. The summed E-state index contributed by atoms with van der Waals surface area (Å²) in [6.07, 6.45) is 4.83. The monoisotopic (exact) mass is 227 g/mol. The van der Waals surface area contributed by atoms with E-state index in [1.54, 1.807) is 0 Å². The van der Waals surface area contributed by atoms with Gasteiger partial charge in [0, 0.05) is 26.2 Å². The van der Waals surface area contributed by atoms with E-state index < -0.39 is 0 Å². The summed E-state index contributed by atoms with van der Waals surface area (Å²) in [7, 11) is 1.97. The van der Waals surface area contributed by atoms with Gasteiger partial charge in [-0.2, -0.15) is 0 Å². The summed E-state index contributed by atoms with van der Waals surface area (Å²) in [5.41, 5.74) is 5.50. The molecule has 1 rings (SSSR count). The Morgan fingerprint density at radius 2 is 1.88 bits per heavy atom. The van der Waals surface area contributed by atoms with Gasteiger partial charge in [-0.3, -0.25) is 9.69 Å². The fourth-order valence-corrected chi connectivity index (χ4v) is 2.14. The smallest absolute Gasteiger partial charge is 0.239 e. The lowest BCUT2D eigenvalue weighted by Crippen LogP contribution is -2.47. The highest BCUT2D eigenvalue weighted by Crippen LogP contribution is 2.12. The molecule has 0 spiro atoms. The molecule has 0 bridgehead atoms. The predicted molar refractivity (Wildman–Crippen MR) is 66.2 cm³/mol. The molecule has 0 aromatic rings. The van der Waals surface area contributed by atoms with Crippen LogP contribution in [0.5, 0.6) is 0 Å². The quantitative estimate of drug-likeness (QED) is 0.768. The van der Waals surface area contributed by atoms with E-state index in [1.165, 1.54) is 12.8 Å². The second kappa shape index (κ2) is 6.86. The number of carbonyl (C=O) groups is 1. The number of likely N-dealkylation sites (N-methyl/N-ethyl adjacent to an activating group) is 1. The molecule has 0 saturated carbocycles. The molecule has 1 saturated heterocycles. The first-order valence-corrected chi connectivity index (χ1v) is 6.36. The van der Waals surface area contributed by atoms with E-state index in [9.17, 15) is 4.79 Å². The fourth-order valence-electron chi connectivity index (χ4n) is 2.14.